The monoisotopic (exact) mass is 421 g/mol. The molecule has 1 aliphatic rings. The number of allylic oxidation sites excluding steroid dienone is 2. The summed E-state index contributed by atoms with van der Waals surface area (Å²) in [6.45, 7) is 25.1. The van der Waals surface area contributed by atoms with E-state index in [1.807, 2.05) is 45.9 Å². The number of hydrogen-bond acceptors (Lipinski definition) is 2. The van der Waals surface area contributed by atoms with E-state index in [2.05, 4.69) is 33.9 Å². The van der Waals surface area contributed by atoms with Crippen molar-refractivity contribution in [1.29, 1.82) is 0 Å². The molecule has 30 heavy (non-hydrogen) atoms. The van der Waals surface area contributed by atoms with Crippen molar-refractivity contribution in [1.82, 2.24) is 0 Å². The largest absolute Gasteiger partial charge is 0.389 e. The molecule has 0 spiro atoms. The van der Waals surface area contributed by atoms with E-state index in [0.29, 0.717) is 17.8 Å². The maximum absolute atomic E-state index is 11.9. The second-order valence-corrected chi connectivity index (χ2v) is 8.85. The molecule has 177 valence electrons. The van der Waals surface area contributed by atoms with Crippen molar-refractivity contribution < 1.29 is 9.90 Å². The van der Waals surface area contributed by atoms with Crippen molar-refractivity contribution in [3.8, 4) is 0 Å². The first kappa shape index (κ1) is 33.5. The van der Waals surface area contributed by atoms with Crippen LogP contribution >= 0.6 is 0 Å². The predicted molar refractivity (Wildman–Crippen MR) is 137 cm³/mol. The molecule has 0 saturated heterocycles. The maximum Gasteiger partial charge on any atom is 0.136 e. The Kier molecular flexibility index (Phi) is 22.1. The van der Waals surface area contributed by atoms with Gasteiger partial charge in [0.25, 0.3) is 0 Å². The minimum atomic E-state index is -0.872. The van der Waals surface area contributed by atoms with Crippen molar-refractivity contribution in [2.45, 2.75) is 113 Å². The Labute approximate surface area is 189 Å². The number of aliphatic hydroxyl groups is 1. The summed E-state index contributed by atoms with van der Waals surface area (Å²) in [5.74, 6) is 0.757. The Balaban J connectivity index is -0.000000616. The fraction of sp³-hybridized carbons (Fsp3) is 0.714. The van der Waals surface area contributed by atoms with Crippen molar-refractivity contribution in [3.05, 3.63) is 43.9 Å². The van der Waals surface area contributed by atoms with Gasteiger partial charge in [-0.25, -0.2) is 0 Å². The molecule has 1 radical (unpaired) electrons. The minimum absolute atomic E-state index is 0.0210. The first-order chi connectivity index (χ1) is 14.0. The normalized spacial score (nSPS) is 17.4. The lowest BCUT2D eigenvalue weighted by atomic mass is 9.83. The van der Waals surface area contributed by atoms with Crippen LogP contribution in [0.2, 0.25) is 0 Å². The van der Waals surface area contributed by atoms with Gasteiger partial charge in [0.1, 0.15) is 5.78 Å². The molecular weight excluding hydrogens is 368 g/mol. The molecule has 1 rings (SSSR count). The van der Waals surface area contributed by atoms with Gasteiger partial charge >= 0.3 is 0 Å². The molecule has 0 amide bonds. The molecule has 0 bridgehead atoms. The SMILES string of the molecule is C=CC(C)(C)C.C=C[CH]C(C)(O)C/C=C/[C@H](C(C)=O)C1CCCCCC1.CC.CC. The summed E-state index contributed by atoms with van der Waals surface area (Å²) in [5.41, 5.74) is -0.566. The standard InChI is InChI=1S/C18H29O2.C6H12.2C2H6/c1-4-13-18(3,20)14-9-12-17(15(2)19)16-10-7-5-6-8-11-16;1-5-6(2,3)4;2*1-2/h4,9,12-13,16-17,20H,1,5-8,10-11,14H2,2-3H3;5H,1H2,2-4H3;2*1-2H3/b12-9+;;;/t17-,18?;;;/m1.../s1. The summed E-state index contributed by atoms with van der Waals surface area (Å²) in [7, 11) is 0. The van der Waals surface area contributed by atoms with Gasteiger partial charge in [-0.05, 0) is 44.4 Å². The second-order valence-electron chi connectivity index (χ2n) is 8.85. The number of rotatable bonds is 7. The fourth-order valence-corrected chi connectivity index (χ4v) is 3.07. The van der Waals surface area contributed by atoms with Crippen LogP contribution in [0.1, 0.15) is 107 Å². The van der Waals surface area contributed by atoms with Gasteiger partial charge in [0, 0.05) is 12.3 Å². The van der Waals surface area contributed by atoms with E-state index < -0.39 is 5.60 Å². The lowest BCUT2D eigenvalue weighted by Crippen LogP contribution is -2.23. The lowest BCUT2D eigenvalue weighted by molar-refractivity contribution is -0.120. The van der Waals surface area contributed by atoms with E-state index >= 15 is 0 Å². The van der Waals surface area contributed by atoms with E-state index in [9.17, 15) is 9.90 Å². The Morgan fingerprint density at radius 2 is 1.43 bits per heavy atom. The van der Waals surface area contributed by atoms with Gasteiger partial charge in [-0.1, -0.05) is 98.5 Å². The zero-order valence-electron chi connectivity index (χ0n) is 21.8. The molecule has 2 nitrogen and oxygen atoms in total. The van der Waals surface area contributed by atoms with Crippen molar-refractivity contribution in [3.63, 3.8) is 0 Å². The molecule has 2 heteroatoms. The zero-order chi connectivity index (χ0) is 24.2. The molecule has 1 fully saturated rings. The summed E-state index contributed by atoms with van der Waals surface area (Å²) in [4.78, 5) is 11.9. The van der Waals surface area contributed by atoms with Gasteiger partial charge in [-0.15, -0.1) is 13.2 Å². The Morgan fingerprint density at radius 1 is 1.00 bits per heavy atom. The number of carbonyl (C=O) groups is 1. The molecule has 1 unspecified atom stereocenters. The molecule has 2 atom stereocenters. The highest BCUT2D eigenvalue weighted by Gasteiger charge is 2.24. The highest BCUT2D eigenvalue weighted by Crippen LogP contribution is 2.30. The number of ketones is 1. The van der Waals surface area contributed by atoms with E-state index in [0.717, 1.165) is 12.8 Å². The van der Waals surface area contributed by atoms with Crippen molar-refractivity contribution >= 4 is 5.78 Å². The van der Waals surface area contributed by atoms with Crippen LogP contribution in [0, 0.1) is 23.7 Å². The summed E-state index contributed by atoms with van der Waals surface area (Å²) in [6, 6.07) is 0. The second kappa shape index (κ2) is 19.8. The smallest absolute Gasteiger partial charge is 0.136 e. The minimum Gasteiger partial charge on any atom is -0.389 e. The molecule has 0 heterocycles. The molecular formula is C28H53O2. The van der Waals surface area contributed by atoms with Gasteiger partial charge in [-0.3, -0.25) is 4.79 Å². The molecule has 0 aliphatic heterocycles. The Morgan fingerprint density at radius 3 is 1.77 bits per heavy atom. The highest BCUT2D eigenvalue weighted by molar-refractivity contribution is 5.80. The third-order valence-corrected chi connectivity index (χ3v) is 4.84. The summed E-state index contributed by atoms with van der Waals surface area (Å²) >= 11 is 0. The van der Waals surface area contributed by atoms with Gasteiger partial charge < -0.3 is 5.11 Å². The van der Waals surface area contributed by atoms with Crippen LogP contribution in [-0.4, -0.2) is 16.5 Å². The lowest BCUT2D eigenvalue weighted by Gasteiger charge is -2.22. The van der Waals surface area contributed by atoms with Crippen LogP contribution in [-0.2, 0) is 4.79 Å². The number of Topliss-reactive ketones (excluding diaryl/α,β-unsaturated/α-hetero) is 1. The average Bonchev–Trinajstić information content (AvgIpc) is 2.97. The zero-order valence-corrected chi connectivity index (χ0v) is 21.8. The summed E-state index contributed by atoms with van der Waals surface area (Å²) < 4.78 is 0. The molecule has 1 N–H and O–H groups in total. The van der Waals surface area contributed by atoms with E-state index in [1.54, 1.807) is 26.3 Å². The van der Waals surface area contributed by atoms with E-state index in [1.165, 1.54) is 25.7 Å². The van der Waals surface area contributed by atoms with Gasteiger partial charge in [0.2, 0.25) is 0 Å². The van der Waals surface area contributed by atoms with Crippen molar-refractivity contribution in [2.24, 2.45) is 17.3 Å². The van der Waals surface area contributed by atoms with Crippen LogP contribution in [0.5, 0.6) is 0 Å². The fourth-order valence-electron chi connectivity index (χ4n) is 3.07. The van der Waals surface area contributed by atoms with Gasteiger partial charge in [0.05, 0.1) is 5.60 Å². The molecule has 0 aromatic heterocycles. The first-order valence-corrected chi connectivity index (χ1v) is 12.0. The quantitative estimate of drug-likeness (QED) is 0.330. The Bertz CT molecular complexity index is 444. The van der Waals surface area contributed by atoms with Gasteiger partial charge in [0.15, 0.2) is 0 Å². The topological polar surface area (TPSA) is 37.3 Å². The molecule has 1 aliphatic carbocycles. The van der Waals surface area contributed by atoms with E-state index in [4.69, 9.17) is 0 Å². The highest BCUT2D eigenvalue weighted by atomic mass is 16.3. The molecule has 0 aromatic carbocycles. The summed E-state index contributed by atoms with van der Waals surface area (Å²) in [6.07, 6.45) is 17.1. The van der Waals surface area contributed by atoms with Crippen LogP contribution in [0.15, 0.2) is 37.5 Å². The predicted octanol–water partition coefficient (Wildman–Crippen LogP) is 8.52. The van der Waals surface area contributed by atoms with Crippen LogP contribution in [0.4, 0.5) is 0 Å². The average molecular weight is 422 g/mol. The van der Waals surface area contributed by atoms with Crippen molar-refractivity contribution in [2.75, 3.05) is 0 Å². The third kappa shape index (κ3) is 20.1. The Hall–Kier alpha value is -1.15. The number of carbonyl (C=O) groups excluding carboxylic acids is 1. The summed E-state index contributed by atoms with van der Waals surface area (Å²) in [5, 5.41) is 10.1. The van der Waals surface area contributed by atoms with Gasteiger partial charge in [-0.2, -0.15) is 0 Å². The maximum atomic E-state index is 11.9. The van der Waals surface area contributed by atoms with Crippen LogP contribution in [0.3, 0.4) is 0 Å². The van der Waals surface area contributed by atoms with E-state index in [-0.39, 0.29) is 11.7 Å². The molecule has 0 aromatic rings. The van der Waals surface area contributed by atoms with Crippen LogP contribution in [0.25, 0.3) is 0 Å². The third-order valence-electron chi connectivity index (χ3n) is 4.84. The molecule has 1 saturated carbocycles. The number of hydrogen-bond donors (Lipinski definition) is 1. The first-order valence-electron chi connectivity index (χ1n) is 12.0. The van der Waals surface area contributed by atoms with Crippen LogP contribution < -0.4 is 0 Å².